The summed E-state index contributed by atoms with van der Waals surface area (Å²) in [4.78, 5) is 17.0. The Bertz CT molecular complexity index is 859. The van der Waals surface area contributed by atoms with Gasteiger partial charge >= 0.3 is 0 Å². The summed E-state index contributed by atoms with van der Waals surface area (Å²) in [6, 6.07) is 6.37. The maximum Gasteiger partial charge on any atom is 0.238 e. The van der Waals surface area contributed by atoms with Crippen LogP contribution in [-0.2, 0) is 11.5 Å². The maximum absolute atomic E-state index is 12.5. The van der Waals surface area contributed by atoms with Crippen molar-refractivity contribution in [1.29, 1.82) is 0 Å². The van der Waals surface area contributed by atoms with E-state index in [1.165, 1.54) is 0 Å². The van der Waals surface area contributed by atoms with Crippen molar-refractivity contribution in [1.82, 2.24) is 24.1 Å². The highest BCUT2D eigenvalue weighted by Gasteiger charge is 2.20. The molecular formula is C20H30N6OS. The zero-order chi connectivity index (χ0) is 20.3. The number of amides is 1. The molecular weight excluding hydrogens is 372 g/mol. The average Bonchev–Trinajstić information content (AvgIpc) is 3.01. The van der Waals surface area contributed by atoms with Crippen LogP contribution in [0, 0.1) is 18.6 Å². The van der Waals surface area contributed by atoms with Gasteiger partial charge in [0.2, 0.25) is 5.91 Å². The van der Waals surface area contributed by atoms with Crippen molar-refractivity contribution in [2.45, 2.75) is 40.4 Å². The summed E-state index contributed by atoms with van der Waals surface area (Å²) in [5.41, 5.74) is 3.12. The van der Waals surface area contributed by atoms with Gasteiger partial charge in [-0.15, -0.1) is 0 Å². The van der Waals surface area contributed by atoms with E-state index in [-0.39, 0.29) is 5.91 Å². The lowest BCUT2D eigenvalue weighted by atomic mass is 10.1. The summed E-state index contributed by atoms with van der Waals surface area (Å²) in [5, 5.41) is 7.49. The lowest BCUT2D eigenvalue weighted by Gasteiger charge is -2.34. The summed E-state index contributed by atoms with van der Waals surface area (Å²) >= 11 is 5.51. The van der Waals surface area contributed by atoms with Crippen LogP contribution in [-0.4, -0.2) is 62.8 Å². The molecule has 1 aliphatic rings. The third-order valence-corrected chi connectivity index (χ3v) is 5.65. The molecule has 8 heteroatoms. The van der Waals surface area contributed by atoms with E-state index in [1.807, 2.05) is 41.3 Å². The Morgan fingerprint density at radius 1 is 1.14 bits per heavy atom. The summed E-state index contributed by atoms with van der Waals surface area (Å²) in [6.07, 6.45) is 1.81. The second-order valence-electron chi connectivity index (χ2n) is 7.76. The van der Waals surface area contributed by atoms with Crippen LogP contribution in [0.3, 0.4) is 0 Å². The molecule has 1 saturated heterocycles. The highest BCUT2D eigenvalue weighted by Crippen LogP contribution is 2.19. The molecule has 2 heterocycles. The van der Waals surface area contributed by atoms with Crippen LogP contribution in [0.25, 0.3) is 0 Å². The predicted octanol–water partition coefficient (Wildman–Crippen LogP) is 2.83. The van der Waals surface area contributed by atoms with Gasteiger partial charge < -0.3 is 9.88 Å². The summed E-state index contributed by atoms with van der Waals surface area (Å²) in [7, 11) is 0. The van der Waals surface area contributed by atoms with Crippen molar-refractivity contribution >= 4 is 23.8 Å². The molecule has 1 N–H and O–H groups in total. The number of aromatic nitrogens is 3. The van der Waals surface area contributed by atoms with Crippen LogP contribution in [0.15, 0.2) is 24.5 Å². The molecule has 0 spiro atoms. The van der Waals surface area contributed by atoms with Crippen molar-refractivity contribution in [3.05, 3.63) is 40.4 Å². The third kappa shape index (κ3) is 4.87. The van der Waals surface area contributed by atoms with Crippen LogP contribution in [0.4, 0.5) is 5.69 Å². The van der Waals surface area contributed by atoms with E-state index >= 15 is 0 Å². The number of aryl methyl sites for hydroxylation is 2. The number of hydrogen-bond donors (Lipinski definition) is 1. The van der Waals surface area contributed by atoms with E-state index in [4.69, 9.17) is 12.2 Å². The van der Waals surface area contributed by atoms with Gasteiger partial charge in [-0.3, -0.25) is 14.6 Å². The molecule has 152 valence electrons. The molecule has 1 fully saturated rings. The Hall–Kier alpha value is -2.03. The van der Waals surface area contributed by atoms with E-state index in [9.17, 15) is 4.79 Å². The van der Waals surface area contributed by atoms with Crippen LogP contribution in [0.2, 0.25) is 0 Å². The molecule has 0 saturated carbocycles. The van der Waals surface area contributed by atoms with Gasteiger partial charge in [0.15, 0.2) is 4.77 Å². The number of carbonyl (C=O) groups is 1. The number of nitrogens with one attached hydrogen (secondary N) is 1. The number of nitrogens with zero attached hydrogens (tertiary/aromatic N) is 5. The molecule has 28 heavy (non-hydrogen) atoms. The van der Waals surface area contributed by atoms with Crippen LogP contribution < -0.4 is 5.32 Å². The highest BCUT2D eigenvalue weighted by molar-refractivity contribution is 7.71. The Morgan fingerprint density at radius 3 is 2.32 bits per heavy atom. The number of anilines is 1. The minimum Gasteiger partial charge on any atom is -0.324 e. The van der Waals surface area contributed by atoms with Crippen molar-refractivity contribution in [2.24, 2.45) is 0 Å². The van der Waals surface area contributed by atoms with Gasteiger partial charge in [-0.2, -0.15) is 5.10 Å². The van der Waals surface area contributed by atoms with Gasteiger partial charge in [0.1, 0.15) is 6.33 Å². The fourth-order valence-corrected chi connectivity index (χ4v) is 3.84. The minimum absolute atomic E-state index is 0.0451. The number of hydrogen-bond acceptors (Lipinski definition) is 5. The molecule has 1 amide bonds. The van der Waals surface area contributed by atoms with E-state index in [0.29, 0.717) is 19.3 Å². The minimum atomic E-state index is 0.0451. The van der Waals surface area contributed by atoms with Gasteiger partial charge in [-0.05, 0) is 51.0 Å². The lowest BCUT2D eigenvalue weighted by molar-refractivity contribution is -0.117. The van der Waals surface area contributed by atoms with Crippen molar-refractivity contribution < 1.29 is 4.79 Å². The fraction of sp³-hybridized carbons (Fsp3) is 0.550. The van der Waals surface area contributed by atoms with Gasteiger partial charge in [0, 0.05) is 37.9 Å². The molecule has 1 aromatic heterocycles. The molecule has 1 aromatic carbocycles. The van der Waals surface area contributed by atoms with Crippen LogP contribution >= 0.6 is 12.2 Å². The molecule has 0 aliphatic carbocycles. The molecule has 0 unspecified atom stereocenters. The quantitative estimate of drug-likeness (QED) is 0.753. The number of carbonyl (C=O) groups excluding carboxylic acids is 1. The smallest absolute Gasteiger partial charge is 0.238 e. The van der Waals surface area contributed by atoms with Gasteiger partial charge in [-0.1, -0.05) is 18.2 Å². The van der Waals surface area contributed by atoms with Crippen molar-refractivity contribution in [2.75, 3.05) is 38.0 Å². The summed E-state index contributed by atoms with van der Waals surface area (Å²) in [5.74, 6) is 0.0451. The first kappa shape index (κ1) is 20.7. The van der Waals surface area contributed by atoms with E-state index in [0.717, 1.165) is 47.8 Å². The predicted molar refractivity (Wildman–Crippen MR) is 114 cm³/mol. The Balaban J connectivity index is 1.49. The molecule has 0 bridgehead atoms. The average molecular weight is 403 g/mol. The standard InChI is InChI=1S/C20H30N6OS/c1-15(2)25-13-21-26(20(25)28)14-24-10-8-23(9-11-24)12-18(27)22-19-16(3)6-5-7-17(19)4/h5-7,13,15H,8-12,14H2,1-4H3,(H,22,27). The molecule has 2 aromatic rings. The number of piperazine rings is 1. The highest BCUT2D eigenvalue weighted by atomic mass is 32.1. The van der Waals surface area contributed by atoms with Gasteiger partial charge in [-0.25, -0.2) is 4.68 Å². The SMILES string of the molecule is Cc1cccc(C)c1NC(=O)CN1CCN(Cn2ncn(C(C)C)c2=S)CC1. The second-order valence-corrected chi connectivity index (χ2v) is 8.13. The number of para-hydroxylation sites is 1. The zero-order valence-corrected chi connectivity index (χ0v) is 18.0. The van der Waals surface area contributed by atoms with Crippen LogP contribution in [0.5, 0.6) is 0 Å². The Kier molecular flexibility index (Phi) is 6.64. The first-order chi connectivity index (χ1) is 13.3. The second kappa shape index (κ2) is 8.98. The van der Waals surface area contributed by atoms with Gasteiger partial charge in [0.05, 0.1) is 13.2 Å². The summed E-state index contributed by atoms with van der Waals surface area (Å²) < 4.78 is 4.63. The van der Waals surface area contributed by atoms with E-state index in [1.54, 1.807) is 6.33 Å². The zero-order valence-electron chi connectivity index (χ0n) is 17.2. The van der Waals surface area contributed by atoms with Crippen LogP contribution in [0.1, 0.15) is 31.0 Å². The van der Waals surface area contributed by atoms with E-state index in [2.05, 4.69) is 34.1 Å². The monoisotopic (exact) mass is 402 g/mol. The largest absolute Gasteiger partial charge is 0.324 e. The summed E-state index contributed by atoms with van der Waals surface area (Å²) in [6.45, 7) is 12.9. The normalized spacial score (nSPS) is 15.9. The van der Waals surface area contributed by atoms with Crippen molar-refractivity contribution in [3.63, 3.8) is 0 Å². The molecule has 0 atom stereocenters. The number of rotatable bonds is 6. The third-order valence-electron chi connectivity index (χ3n) is 5.23. The molecule has 7 nitrogen and oxygen atoms in total. The first-order valence-corrected chi connectivity index (χ1v) is 10.2. The Labute approximate surface area is 171 Å². The van der Waals surface area contributed by atoms with E-state index < -0.39 is 0 Å². The Morgan fingerprint density at radius 2 is 1.75 bits per heavy atom. The molecule has 0 radical (unpaired) electrons. The fourth-order valence-electron chi connectivity index (χ4n) is 3.47. The molecule has 1 aliphatic heterocycles. The number of benzene rings is 1. The topological polar surface area (TPSA) is 58.3 Å². The molecule has 3 rings (SSSR count). The maximum atomic E-state index is 12.5. The lowest BCUT2D eigenvalue weighted by Crippen LogP contribution is -2.49. The van der Waals surface area contributed by atoms with Crippen molar-refractivity contribution in [3.8, 4) is 0 Å². The first-order valence-electron chi connectivity index (χ1n) is 9.80. The van der Waals surface area contributed by atoms with Gasteiger partial charge in [0.25, 0.3) is 0 Å².